The predicted molar refractivity (Wildman–Crippen MR) is 76.4 cm³/mol. The fourth-order valence-electron chi connectivity index (χ4n) is 1.65. The molecule has 0 aliphatic carbocycles. The number of aliphatic hydroxyl groups is 1. The number of aliphatic hydroxyl groups excluding tert-OH is 1. The van der Waals surface area contributed by atoms with Crippen molar-refractivity contribution in [3.8, 4) is 5.75 Å². The molecule has 4 heteroatoms. The summed E-state index contributed by atoms with van der Waals surface area (Å²) in [4.78, 5) is 10.6. The van der Waals surface area contributed by atoms with Gasteiger partial charge in [0, 0.05) is 5.56 Å². The van der Waals surface area contributed by atoms with Gasteiger partial charge in [-0.25, -0.2) is 0 Å². The number of hydrogen-bond acceptors (Lipinski definition) is 3. The van der Waals surface area contributed by atoms with E-state index in [1.54, 1.807) is 18.2 Å². The molecule has 0 spiro atoms. The van der Waals surface area contributed by atoms with Crippen LogP contribution in [0.25, 0.3) is 0 Å². The molecular weight excluding hydrogens is 308 g/mol. The third-order valence-electron chi connectivity index (χ3n) is 2.67. The van der Waals surface area contributed by atoms with Crippen LogP contribution in [0.4, 0.5) is 0 Å². The van der Waals surface area contributed by atoms with Gasteiger partial charge >= 0.3 is 0 Å². The van der Waals surface area contributed by atoms with Crippen molar-refractivity contribution in [1.82, 2.24) is 0 Å². The fourth-order valence-corrected chi connectivity index (χ4v) is 2.16. The van der Waals surface area contributed by atoms with E-state index >= 15 is 0 Å². The minimum atomic E-state index is -0.682. The summed E-state index contributed by atoms with van der Waals surface area (Å²) in [5, 5.41) is 9.98. The molecule has 98 valence electrons. The van der Waals surface area contributed by atoms with Crippen molar-refractivity contribution >= 4 is 22.2 Å². The first-order valence-corrected chi connectivity index (χ1v) is 6.60. The molecule has 0 aromatic heterocycles. The van der Waals surface area contributed by atoms with E-state index in [9.17, 15) is 9.90 Å². The second-order valence-electron chi connectivity index (χ2n) is 4.05. The van der Waals surface area contributed by atoms with Gasteiger partial charge in [-0.1, -0.05) is 30.3 Å². The van der Waals surface area contributed by atoms with Crippen molar-refractivity contribution in [3.63, 3.8) is 0 Å². The highest BCUT2D eigenvalue weighted by Crippen LogP contribution is 2.26. The van der Waals surface area contributed by atoms with Gasteiger partial charge in [0.15, 0.2) is 0 Å². The van der Waals surface area contributed by atoms with E-state index in [2.05, 4.69) is 15.9 Å². The second-order valence-corrected chi connectivity index (χ2v) is 4.90. The molecule has 1 N–H and O–H groups in total. The van der Waals surface area contributed by atoms with Crippen LogP contribution in [0.5, 0.6) is 5.75 Å². The van der Waals surface area contributed by atoms with E-state index < -0.39 is 6.10 Å². The molecule has 0 radical (unpaired) electrons. The molecule has 0 fully saturated rings. The molecule has 0 bridgehead atoms. The fraction of sp³-hybridized carbons (Fsp3) is 0.133. The molecular formula is C15H13BrO3. The van der Waals surface area contributed by atoms with Crippen LogP contribution in [0.3, 0.4) is 0 Å². The van der Waals surface area contributed by atoms with E-state index in [0.717, 1.165) is 11.8 Å². The zero-order valence-electron chi connectivity index (χ0n) is 10.1. The first-order chi connectivity index (χ1) is 9.20. The number of benzene rings is 2. The first kappa shape index (κ1) is 13.8. The lowest BCUT2D eigenvalue weighted by molar-refractivity contribution is 0.107. The van der Waals surface area contributed by atoms with Gasteiger partial charge in [-0.15, -0.1) is 0 Å². The summed E-state index contributed by atoms with van der Waals surface area (Å²) < 4.78 is 6.23. The minimum absolute atomic E-state index is 0.156. The van der Waals surface area contributed by atoms with Crippen molar-refractivity contribution < 1.29 is 14.6 Å². The summed E-state index contributed by atoms with van der Waals surface area (Å²) in [6.45, 7) is 0.156. The smallest absolute Gasteiger partial charge is 0.150 e. The minimum Gasteiger partial charge on any atom is -0.489 e. The normalized spacial score (nSPS) is 11.9. The van der Waals surface area contributed by atoms with Gasteiger partial charge < -0.3 is 9.84 Å². The van der Waals surface area contributed by atoms with Crippen LogP contribution in [0.2, 0.25) is 0 Å². The van der Waals surface area contributed by atoms with Crippen LogP contribution in [-0.4, -0.2) is 18.0 Å². The second kappa shape index (κ2) is 6.50. The molecule has 0 aliphatic heterocycles. The molecule has 1 unspecified atom stereocenters. The summed E-state index contributed by atoms with van der Waals surface area (Å²) in [6.07, 6.45) is 0.0896. The van der Waals surface area contributed by atoms with Crippen LogP contribution in [0.15, 0.2) is 53.0 Å². The maximum absolute atomic E-state index is 10.6. The van der Waals surface area contributed by atoms with Gasteiger partial charge in [0.25, 0.3) is 0 Å². The Bertz CT molecular complexity index is 555. The average Bonchev–Trinajstić information content (AvgIpc) is 2.46. The zero-order chi connectivity index (χ0) is 13.7. The molecule has 2 rings (SSSR count). The lowest BCUT2D eigenvalue weighted by atomic mass is 10.1. The Morgan fingerprint density at radius 2 is 1.95 bits per heavy atom. The predicted octanol–water partition coefficient (Wildman–Crippen LogP) is 3.37. The molecule has 0 saturated heterocycles. The van der Waals surface area contributed by atoms with Crippen LogP contribution >= 0.6 is 15.9 Å². The van der Waals surface area contributed by atoms with Crippen molar-refractivity contribution in [3.05, 3.63) is 64.1 Å². The Labute approximate surface area is 120 Å². The number of hydrogen-bond donors (Lipinski definition) is 1. The van der Waals surface area contributed by atoms with Gasteiger partial charge in [0.2, 0.25) is 0 Å². The van der Waals surface area contributed by atoms with Gasteiger partial charge in [0.05, 0.1) is 4.47 Å². The number of halogens is 1. The molecule has 2 aromatic rings. The van der Waals surface area contributed by atoms with Crippen molar-refractivity contribution in [1.29, 1.82) is 0 Å². The number of carbonyl (C=O) groups is 1. The molecule has 2 aromatic carbocycles. The van der Waals surface area contributed by atoms with E-state index in [0.29, 0.717) is 15.8 Å². The number of carbonyl (C=O) groups excluding carboxylic acids is 1. The summed E-state index contributed by atoms with van der Waals surface area (Å²) in [6, 6.07) is 14.4. The van der Waals surface area contributed by atoms with Gasteiger partial charge in [-0.05, 0) is 39.7 Å². The quantitative estimate of drug-likeness (QED) is 0.859. The molecule has 0 aliphatic rings. The van der Waals surface area contributed by atoms with E-state index in [1.165, 1.54) is 0 Å². The Morgan fingerprint density at radius 3 is 2.58 bits per heavy atom. The zero-order valence-corrected chi connectivity index (χ0v) is 11.7. The largest absolute Gasteiger partial charge is 0.489 e. The highest BCUT2D eigenvalue weighted by molar-refractivity contribution is 9.10. The maximum atomic E-state index is 10.6. The van der Waals surface area contributed by atoms with Gasteiger partial charge in [0.1, 0.15) is 24.7 Å². The third-order valence-corrected chi connectivity index (χ3v) is 3.29. The molecule has 3 nitrogen and oxygen atoms in total. The highest BCUT2D eigenvalue weighted by atomic mass is 79.9. The standard InChI is InChI=1S/C15H13BrO3/c16-13-8-11(9-17)6-7-15(13)19-10-14(18)12-4-2-1-3-5-12/h1-9,14,18H,10H2. The lowest BCUT2D eigenvalue weighted by Crippen LogP contribution is -2.09. The number of ether oxygens (including phenoxy) is 1. The third kappa shape index (κ3) is 3.66. The summed E-state index contributed by atoms with van der Waals surface area (Å²) >= 11 is 3.33. The van der Waals surface area contributed by atoms with E-state index in [-0.39, 0.29) is 6.61 Å². The molecule has 1 atom stereocenters. The first-order valence-electron chi connectivity index (χ1n) is 5.81. The molecule has 19 heavy (non-hydrogen) atoms. The van der Waals surface area contributed by atoms with Gasteiger partial charge in [-0.3, -0.25) is 4.79 Å². The maximum Gasteiger partial charge on any atom is 0.150 e. The van der Waals surface area contributed by atoms with Crippen molar-refractivity contribution in [2.75, 3.05) is 6.61 Å². The number of rotatable bonds is 5. The summed E-state index contributed by atoms with van der Waals surface area (Å²) in [7, 11) is 0. The Hall–Kier alpha value is -1.65. The molecule has 0 saturated carbocycles. The van der Waals surface area contributed by atoms with Crippen LogP contribution in [0.1, 0.15) is 22.0 Å². The number of aldehydes is 1. The van der Waals surface area contributed by atoms with Crippen LogP contribution < -0.4 is 4.74 Å². The van der Waals surface area contributed by atoms with Crippen LogP contribution in [-0.2, 0) is 0 Å². The summed E-state index contributed by atoms with van der Waals surface area (Å²) in [5.41, 5.74) is 1.38. The average molecular weight is 321 g/mol. The Kier molecular flexibility index (Phi) is 4.71. The lowest BCUT2D eigenvalue weighted by Gasteiger charge is -2.13. The Morgan fingerprint density at radius 1 is 1.21 bits per heavy atom. The summed E-state index contributed by atoms with van der Waals surface area (Å²) in [5.74, 6) is 0.598. The highest BCUT2D eigenvalue weighted by Gasteiger charge is 2.09. The monoisotopic (exact) mass is 320 g/mol. The topological polar surface area (TPSA) is 46.5 Å². The van der Waals surface area contributed by atoms with Gasteiger partial charge in [-0.2, -0.15) is 0 Å². The van der Waals surface area contributed by atoms with E-state index in [4.69, 9.17) is 4.74 Å². The molecule has 0 amide bonds. The van der Waals surface area contributed by atoms with Crippen LogP contribution in [0, 0.1) is 0 Å². The van der Waals surface area contributed by atoms with Crippen molar-refractivity contribution in [2.24, 2.45) is 0 Å². The SMILES string of the molecule is O=Cc1ccc(OCC(O)c2ccccc2)c(Br)c1. The molecule has 0 heterocycles. The van der Waals surface area contributed by atoms with Crippen molar-refractivity contribution in [2.45, 2.75) is 6.10 Å². The van der Waals surface area contributed by atoms with E-state index in [1.807, 2.05) is 30.3 Å². The Balaban J connectivity index is 2.01.